The Hall–Kier alpha value is -3.44. The molecule has 0 radical (unpaired) electrons. The summed E-state index contributed by atoms with van der Waals surface area (Å²) in [5.41, 5.74) is 0.717. The molecule has 1 amide bonds. The second-order valence-electron chi connectivity index (χ2n) is 10.9. The number of nitrogens with one attached hydrogen (secondary N) is 2. The zero-order chi connectivity index (χ0) is 30.0. The van der Waals surface area contributed by atoms with E-state index in [1.54, 1.807) is 11.0 Å². The summed E-state index contributed by atoms with van der Waals surface area (Å²) in [5, 5.41) is 12.8. The Kier molecular flexibility index (Phi) is 9.17. The molecule has 3 aliphatic heterocycles. The van der Waals surface area contributed by atoms with E-state index in [-0.39, 0.29) is 58.1 Å². The number of carbonyl (C=O) groups is 1. The number of piperazine rings is 1. The van der Waals surface area contributed by atoms with Crippen LogP contribution in [-0.4, -0.2) is 91.0 Å². The van der Waals surface area contributed by atoms with Crippen LogP contribution in [0.2, 0.25) is 5.02 Å². The summed E-state index contributed by atoms with van der Waals surface area (Å²) in [7, 11) is 0. The molecule has 2 atom stereocenters. The summed E-state index contributed by atoms with van der Waals surface area (Å²) in [6, 6.07) is 4.91. The van der Waals surface area contributed by atoms with Gasteiger partial charge in [-0.3, -0.25) is 10.2 Å². The fourth-order valence-electron chi connectivity index (χ4n) is 6.03. The minimum Gasteiger partial charge on any atom is -0.488 e. The fraction of sp³-hybridized carbons (Fsp3) is 0.467. The van der Waals surface area contributed by atoms with Crippen molar-refractivity contribution in [1.29, 1.82) is 5.41 Å². The van der Waals surface area contributed by atoms with Crippen LogP contribution < -0.4 is 14.8 Å². The normalized spacial score (nSPS) is 20.9. The first-order chi connectivity index (χ1) is 20.2. The van der Waals surface area contributed by atoms with Gasteiger partial charge in [0, 0.05) is 37.8 Å². The van der Waals surface area contributed by atoms with Crippen LogP contribution in [0.25, 0.3) is 11.1 Å². The summed E-state index contributed by atoms with van der Waals surface area (Å²) in [5.74, 6) is -0.997. The van der Waals surface area contributed by atoms with Crippen molar-refractivity contribution in [3.63, 3.8) is 0 Å². The van der Waals surface area contributed by atoms with E-state index in [1.807, 2.05) is 11.8 Å². The number of fused-ring (bicyclic) bond motifs is 1. The molecule has 3 heterocycles. The lowest BCUT2D eigenvalue weighted by Crippen LogP contribution is -2.55. The van der Waals surface area contributed by atoms with Crippen molar-refractivity contribution in [2.24, 2.45) is 0 Å². The first-order valence-corrected chi connectivity index (χ1v) is 14.5. The summed E-state index contributed by atoms with van der Waals surface area (Å²) in [6.07, 6.45) is 4.73. The van der Waals surface area contributed by atoms with Crippen LogP contribution in [0.1, 0.15) is 31.7 Å². The number of likely N-dealkylation sites (tertiary alicyclic amines) is 1. The van der Waals surface area contributed by atoms with Gasteiger partial charge in [-0.2, -0.15) is 8.78 Å². The van der Waals surface area contributed by atoms with E-state index in [0.29, 0.717) is 37.4 Å². The molecule has 2 aromatic carbocycles. The second-order valence-corrected chi connectivity index (χ2v) is 11.3. The van der Waals surface area contributed by atoms with Gasteiger partial charge in [0.2, 0.25) is 5.91 Å². The predicted molar refractivity (Wildman–Crippen MR) is 156 cm³/mol. The highest BCUT2D eigenvalue weighted by Crippen LogP contribution is 2.50. The Morgan fingerprint density at radius 3 is 2.69 bits per heavy atom. The predicted octanol–water partition coefficient (Wildman–Crippen LogP) is 5.45. The molecule has 0 spiro atoms. The fourth-order valence-corrected chi connectivity index (χ4v) is 6.32. The molecule has 5 rings (SSSR count). The van der Waals surface area contributed by atoms with Gasteiger partial charge in [0.05, 0.1) is 27.9 Å². The van der Waals surface area contributed by atoms with Gasteiger partial charge >= 0.3 is 6.61 Å². The molecular formula is C30H35ClF3N5O3. The Morgan fingerprint density at radius 2 is 2.00 bits per heavy atom. The largest absolute Gasteiger partial charge is 0.488 e. The van der Waals surface area contributed by atoms with Crippen LogP contribution in [-0.2, 0) is 4.79 Å². The van der Waals surface area contributed by atoms with Gasteiger partial charge in [-0.1, -0.05) is 30.7 Å². The van der Waals surface area contributed by atoms with Gasteiger partial charge in [0.1, 0.15) is 24.0 Å². The van der Waals surface area contributed by atoms with Crippen LogP contribution in [0.15, 0.2) is 36.9 Å². The molecule has 0 aliphatic carbocycles. The molecule has 1 unspecified atom stereocenters. The minimum absolute atomic E-state index is 0.0297. The van der Waals surface area contributed by atoms with Crippen LogP contribution in [0.5, 0.6) is 11.5 Å². The first-order valence-electron chi connectivity index (χ1n) is 14.2. The van der Waals surface area contributed by atoms with Gasteiger partial charge in [0.25, 0.3) is 0 Å². The Balaban J connectivity index is 1.56. The number of nitrogens with zero attached hydrogens (tertiary/aromatic N) is 3. The van der Waals surface area contributed by atoms with Gasteiger partial charge in [-0.25, -0.2) is 4.39 Å². The molecule has 2 aromatic rings. The number of hydrogen-bond donors (Lipinski definition) is 2. The molecule has 2 fully saturated rings. The van der Waals surface area contributed by atoms with Crippen molar-refractivity contribution in [3.8, 4) is 22.6 Å². The number of hydrogen-bond acceptors (Lipinski definition) is 6. The zero-order valence-electron chi connectivity index (χ0n) is 23.5. The smallest absolute Gasteiger partial charge is 0.387 e. The standard InChI is InChI=1S/C30H35ClF3N5O3/c1-3-24(40)38-12-13-39(18(2)15-38)29(35)20-14-21(31)25(26-22(32)8-7-9-23(26)42-30(33)34)28-27(20)36-19(17-41-28)16-37-10-5-4-6-11-37/h3,7-9,14,18-19,30,35-36H,1,4-6,10-13,15-17H2,2H3/t18-,19?/m0/s1. The van der Waals surface area contributed by atoms with Gasteiger partial charge in [-0.15, -0.1) is 0 Å². The van der Waals surface area contributed by atoms with Crippen LogP contribution in [0.3, 0.4) is 0 Å². The monoisotopic (exact) mass is 605 g/mol. The molecule has 226 valence electrons. The van der Waals surface area contributed by atoms with Gasteiger partial charge in [0.15, 0.2) is 5.75 Å². The molecular weight excluding hydrogens is 571 g/mol. The molecule has 42 heavy (non-hydrogen) atoms. The summed E-state index contributed by atoms with van der Waals surface area (Å²) in [6.45, 7) is 6.46. The Bertz CT molecular complexity index is 1350. The number of amidine groups is 1. The lowest BCUT2D eigenvalue weighted by Gasteiger charge is -2.42. The molecule has 3 aliphatic rings. The number of anilines is 1. The second kappa shape index (κ2) is 12.8. The quantitative estimate of drug-likeness (QED) is 0.248. The maximum absolute atomic E-state index is 15.3. The van der Waals surface area contributed by atoms with E-state index in [4.69, 9.17) is 16.3 Å². The van der Waals surface area contributed by atoms with Crippen LogP contribution in [0, 0.1) is 11.2 Å². The maximum Gasteiger partial charge on any atom is 0.387 e. The number of piperidine rings is 1. The number of carbonyl (C=O) groups excluding carboxylic acids is 1. The average Bonchev–Trinajstić information content (AvgIpc) is 2.97. The summed E-state index contributed by atoms with van der Waals surface area (Å²) in [4.78, 5) is 18.1. The highest BCUT2D eigenvalue weighted by Gasteiger charge is 2.35. The van der Waals surface area contributed by atoms with E-state index >= 15 is 4.39 Å². The number of rotatable bonds is 7. The number of halogens is 4. The van der Waals surface area contributed by atoms with E-state index in [2.05, 4.69) is 21.5 Å². The third-order valence-corrected chi connectivity index (χ3v) is 8.33. The summed E-state index contributed by atoms with van der Waals surface area (Å²) < 4.78 is 52.8. The van der Waals surface area contributed by atoms with Crippen molar-refractivity contribution >= 4 is 29.0 Å². The number of benzene rings is 2. The molecule has 0 bridgehead atoms. The van der Waals surface area contributed by atoms with Crippen LogP contribution in [0.4, 0.5) is 18.9 Å². The molecule has 2 saturated heterocycles. The van der Waals surface area contributed by atoms with Crippen LogP contribution >= 0.6 is 11.6 Å². The lowest BCUT2D eigenvalue weighted by atomic mass is 9.96. The van der Waals surface area contributed by atoms with Crippen molar-refractivity contribution in [2.45, 2.75) is 44.9 Å². The zero-order valence-corrected chi connectivity index (χ0v) is 24.2. The summed E-state index contributed by atoms with van der Waals surface area (Å²) >= 11 is 6.77. The van der Waals surface area contributed by atoms with E-state index in [1.165, 1.54) is 24.6 Å². The van der Waals surface area contributed by atoms with E-state index in [9.17, 15) is 19.0 Å². The molecule has 8 nitrogen and oxygen atoms in total. The molecule has 0 saturated carbocycles. The molecule has 12 heteroatoms. The van der Waals surface area contributed by atoms with Gasteiger partial charge < -0.3 is 29.5 Å². The topological polar surface area (TPSA) is 81.1 Å². The molecule has 0 aromatic heterocycles. The lowest BCUT2D eigenvalue weighted by molar-refractivity contribution is -0.128. The van der Waals surface area contributed by atoms with Crippen molar-refractivity contribution in [2.75, 3.05) is 51.2 Å². The Labute approximate surface area is 248 Å². The highest BCUT2D eigenvalue weighted by molar-refractivity contribution is 6.35. The maximum atomic E-state index is 15.3. The van der Waals surface area contributed by atoms with Crippen molar-refractivity contribution in [3.05, 3.63) is 53.3 Å². The van der Waals surface area contributed by atoms with Gasteiger partial charge in [-0.05, 0) is 57.1 Å². The number of ether oxygens (including phenoxy) is 2. The number of amides is 1. The first kappa shape index (κ1) is 30.0. The highest BCUT2D eigenvalue weighted by atomic mass is 35.5. The number of alkyl halides is 2. The SMILES string of the molecule is C=CC(=O)N1CCN(C(=N)c2cc(Cl)c(-c3c(F)cccc3OC(F)F)c3c2NC(CN2CCCCC2)CO3)[C@@H](C)C1. The van der Waals surface area contributed by atoms with Crippen molar-refractivity contribution < 1.29 is 27.4 Å². The van der Waals surface area contributed by atoms with E-state index in [0.717, 1.165) is 32.0 Å². The Morgan fingerprint density at radius 1 is 1.24 bits per heavy atom. The third-order valence-electron chi connectivity index (χ3n) is 8.04. The molecule has 2 N–H and O–H groups in total. The van der Waals surface area contributed by atoms with Crippen molar-refractivity contribution in [1.82, 2.24) is 14.7 Å². The van der Waals surface area contributed by atoms with E-state index < -0.39 is 12.4 Å². The average molecular weight is 606 g/mol. The third kappa shape index (κ3) is 6.17. The minimum atomic E-state index is -3.17.